The number of benzene rings is 7. The van der Waals surface area contributed by atoms with E-state index >= 15 is 0 Å². The number of carbonyl (C=O) groups is 1. The maximum atomic E-state index is 12.1. The number of hydrogen-bond acceptors (Lipinski definition) is 2. The largest absolute Gasteiger partial charge is 0.481 e. The molecule has 1 unspecified atom stereocenters. The predicted octanol–water partition coefficient (Wildman–Crippen LogP) is 11.9. The van der Waals surface area contributed by atoms with Crippen LogP contribution in [0.5, 0.6) is 0 Å². The van der Waals surface area contributed by atoms with Crippen LogP contribution in [0.25, 0.3) is 21.5 Å². The maximum absolute atomic E-state index is 12.1. The Bertz CT molecular complexity index is 2760. The molecule has 0 aromatic heterocycles. The average molecular weight is 770 g/mol. The number of nitrogens with zero attached hydrogens (tertiary/aromatic N) is 2. The van der Waals surface area contributed by atoms with Gasteiger partial charge in [0.05, 0.1) is 5.41 Å². The zero-order valence-corrected chi connectivity index (χ0v) is 33.8. The van der Waals surface area contributed by atoms with Crippen LogP contribution in [0.1, 0.15) is 41.2 Å². The Labute approximate surface area is 347 Å². The van der Waals surface area contributed by atoms with E-state index < -0.39 is 11.4 Å². The molecule has 4 heteroatoms. The first kappa shape index (κ1) is 37.8. The molecule has 0 saturated heterocycles. The minimum absolute atomic E-state index is 0.0411. The van der Waals surface area contributed by atoms with E-state index in [9.17, 15) is 9.90 Å². The normalized spacial score (nSPS) is 17.8. The summed E-state index contributed by atoms with van der Waals surface area (Å²) >= 11 is 0. The van der Waals surface area contributed by atoms with Crippen molar-refractivity contribution in [3.8, 4) is 0 Å². The highest BCUT2D eigenvalue weighted by Gasteiger charge is 2.49. The van der Waals surface area contributed by atoms with Gasteiger partial charge in [0.15, 0.2) is 12.3 Å². The third-order valence-corrected chi connectivity index (χ3v) is 12.6. The van der Waals surface area contributed by atoms with Crippen LogP contribution in [-0.2, 0) is 34.9 Å². The maximum Gasteiger partial charge on any atom is 0.309 e. The van der Waals surface area contributed by atoms with Crippen LogP contribution >= 0.6 is 0 Å². The molecule has 7 aromatic rings. The molecule has 0 fully saturated rings. The van der Waals surface area contributed by atoms with Crippen molar-refractivity contribution in [1.29, 1.82) is 0 Å². The van der Waals surface area contributed by atoms with Crippen LogP contribution in [-0.4, -0.2) is 35.0 Å². The highest BCUT2D eigenvalue weighted by molar-refractivity contribution is 6.08. The molecule has 59 heavy (non-hydrogen) atoms. The molecule has 4 nitrogen and oxygen atoms in total. The van der Waals surface area contributed by atoms with Crippen molar-refractivity contribution in [1.82, 2.24) is 0 Å². The Morgan fingerprint density at radius 1 is 0.610 bits per heavy atom. The second-order valence-corrected chi connectivity index (χ2v) is 16.3. The molecule has 290 valence electrons. The van der Waals surface area contributed by atoms with Crippen molar-refractivity contribution in [2.75, 3.05) is 18.5 Å². The number of carboxylic acid groups (broad SMARTS) is 1. The lowest BCUT2D eigenvalue weighted by Crippen LogP contribution is -2.34. The molecule has 2 heterocycles. The number of fused-ring (bicyclic) bond motifs is 6. The molecular formula is C55H49N2O2+. The van der Waals surface area contributed by atoms with E-state index in [1.54, 1.807) is 0 Å². The second-order valence-electron chi connectivity index (χ2n) is 16.3. The number of rotatable bonds is 12. The molecule has 0 spiro atoms. The lowest BCUT2D eigenvalue weighted by molar-refractivity contribution is -0.436. The molecule has 0 aliphatic carbocycles. The molecule has 0 saturated carbocycles. The Kier molecular flexibility index (Phi) is 10.2. The molecule has 0 amide bonds. The molecular weight excluding hydrogens is 721 g/mol. The van der Waals surface area contributed by atoms with Gasteiger partial charge < -0.3 is 10.0 Å². The minimum Gasteiger partial charge on any atom is -0.481 e. The molecule has 1 N–H and O–H groups in total. The summed E-state index contributed by atoms with van der Waals surface area (Å²) in [5.74, 6) is -0.803. The summed E-state index contributed by atoms with van der Waals surface area (Å²) in [6.07, 6.45) is 13.5. The summed E-state index contributed by atoms with van der Waals surface area (Å²) < 4.78 is 2.25. The van der Waals surface area contributed by atoms with Crippen LogP contribution in [0, 0.1) is 0 Å². The predicted molar refractivity (Wildman–Crippen MR) is 244 cm³/mol. The van der Waals surface area contributed by atoms with E-state index in [0.29, 0.717) is 6.54 Å². The van der Waals surface area contributed by atoms with E-state index in [1.807, 2.05) is 0 Å². The van der Waals surface area contributed by atoms with Crippen LogP contribution in [0.3, 0.4) is 0 Å². The Hall–Kier alpha value is -6.78. The Morgan fingerprint density at radius 3 is 1.73 bits per heavy atom. The molecule has 1 atom stereocenters. The van der Waals surface area contributed by atoms with Gasteiger partial charge in [-0.25, -0.2) is 0 Å². The van der Waals surface area contributed by atoms with Crippen LogP contribution < -0.4 is 4.90 Å². The monoisotopic (exact) mass is 769 g/mol. The smallest absolute Gasteiger partial charge is 0.309 e. The molecule has 0 bridgehead atoms. The van der Waals surface area contributed by atoms with Crippen molar-refractivity contribution in [2.45, 2.75) is 43.4 Å². The van der Waals surface area contributed by atoms with E-state index in [-0.39, 0.29) is 11.8 Å². The molecule has 7 aromatic carbocycles. The van der Waals surface area contributed by atoms with Gasteiger partial charge in [-0.15, -0.1) is 0 Å². The number of carboxylic acids is 1. The van der Waals surface area contributed by atoms with Crippen molar-refractivity contribution >= 4 is 44.6 Å². The fourth-order valence-electron chi connectivity index (χ4n) is 10.1. The number of aliphatic carboxylic acids is 1. The fourth-order valence-corrected chi connectivity index (χ4v) is 10.1. The van der Waals surface area contributed by atoms with E-state index in [1.165, 1.54) is 60.7 Å². The van der Waals surface area contributed by atoms with Gasteiger partial charge in [0.2, 0.25) is 5.69 Å². The number of allylic oxidation sites excluding steroid dienone is 6. The summed E-state index contributed by atoms with van der Waals surface area (Å²) in [7, 11) is 2.21. The number of likely N-dealkylation sites (N-methyl/N-ethyl adjacent to an activating group) is 1. The summed E-state index contributed by atoms with van der Waals surface area (Å²) in [5, 5.41) is 14.8. The minimum atomic E-state index is -0.803. The zero-order chi connectivity index (χ0) is 40.4. The van der Waals surface area contributed by atoms with Gasteiger partial charge in [-0.1, -0.05) is 164 Å². The first-order chi connectivity index (χ1) is 28.9. The highest BCUT2D eigenvalue weighted by atomic mass is 16.4. The van der Waals surface area contributed by atoms with Gasteiger partial charge in [-0.2, -0.15) is 4.58 Å². The quantitative estimate of drug-likeness (QED) is 0.0994. The Balaban J connectivity index is 1.17. The Morgan fingerprint density at radius 2 is 1.14 bits per heavy atom. The lowest BCUT2D eigenvalue weighted by Gasteiger charge is -2.34. The fraction of sp³-hybridized carbons (Fsp3) is 0.164. The first-order valence-corrected chi connectivity index (χ1v) is 20.7. The molecule has 0 radical (unpaired) electrons. The van der Waals surface area contributed by atoms with Gasteiger partial charge in [0.1, 0.15) is 6.42 Å². The number of anilines is 1. The topological polar surface area (TPSA) is 43.5 Å². The summed E-state index contributed by atoms with van der Waals surface area (Å²) in [6, 6.07) is 58.7. The highest BCUT2D eigenvalue weighted by Crippen LogP contribution is 2.54. The van der Waals surface area contributed by atoms with E-state index in [4.69, 9.17) is 0 Å². The SMILES string of the molecule is CN1/C(=C/C=C/C=C/C2=[N+](CCC(=O)O)c3ccc4ccccc4c3C2(C)Cc2ccccc2)C(Cc2ccccc2)(Cc2ccccc2)c2c1ccc1ccccc21. The van der Waals surface area contributed by atoms with Crippen molar-refractivity contribution in [2.24, 2.45) is 0 Å². The van der Waals surface area contributed by atoms with Crippen molar-refractivity contribution < 1.29 is 14.5 Å². The summed E-state index contributed by atoms with van der Waals surface area (Å²) in [6.45, 7) is 2.71. The van der Waals surface area contributed by atoms with Gasteiger partial charge in [-0.3, -0.25) is 4.79 Å². The van der Waals surface area contributed by atoms with Gasteiger partial charge in [0, 0.05) is 41.6 Å². The van der Waals surface area contributed by atoms with Crippen molar-refractivity contribution in [3.05, 3.63) is 228 Å². The third-order valence-electron chi connectivity index (χ3n) is 12.6. The third kappa shape index (κ3) is 6.99. The second kappa shape index (κ2) is 15.9. The summed E-state index contributed by atoms with van der Waals surface area (Å²) in [5.41, 5.74) is 10.4. The molecule has 2 aliphatic rings. The molecule has 9 rings (SSSR count). The van der Waals surface area contributed by atoms with Gasteiger partial charge in [-0.05, 0) is 88.2 Å². The van der Waals surface area contributed by atoms with Gasteiger partial charge in [0.25, 0.3) is 0 Å². The summed E-state index contributed by atoms with van der Waals surface area (Å²) in [4.78, 5) is 14.5. The van der Waals surface area contributed by atoms with Crippen molar-refractivity contribution in [3.63, 3.8) is 0 Å². The lowest BCUT2D eigenvalue weighted by atomic mass is 9.69. The zero-order valence-electron chi connectivity index (χ0n) is 33.8. The average Bonchev–Trinajstić information content (AvgIpc) is 3.63. The van der Waals surface area contributed by atoms with Gasteiger partial charge >= 0.3 is 5.97 Å². The van der Waals surface area contributed by atoms with Crippen LogP contribution in [0.2, 0.25) is 0 Å². The number of hydrogen-bond donors (Lipinski definition) is 1. The van der Waals surface area contributed by atoms with E-state index in [0.717, 1.165) is 30.7 Å². The first-order valence-electron chi connectivity index (χ1n) is 20.7. The van der Waals surface area contributed by atoms with Crippen LogP contribution in [0.4, 0.5) is 11.4 Å². The standard InChI is InChI=1S/C55H48N2O2/c1-54(37-40-19-7-3-8-20-40)49(57(36-35-51(58)59)48-34-32-43-25-15-17-27-45(43)52(48)54)29-13-6-14-30-50-55(38-41-21-9-4-10-22-41,39-42-23-11-5-12-24-42)53-46-28-18-16-26-44(46)31-33-47(53)56(50)2/h3-34H,35-39H2,1-2H3/p+1. The van der Waals surface area contributed by atoms with E-state index in [2.05, 4.69) is 218 Å². The van der Waals surface area contributed by atoms with Crippen LogP contribution in [0.15, 0.2) is 200 Å². The molecule has 2 aliphatic heterocycles.